The fraction of sp³-hybridized carbons (Fsp3) is 0.529. The number of carbonyl (C=O) groups is 2. The Balaban J connectivity index is 1.64. The number of benzene rings is 1. The zero-order valence-corrected chi connectivity index (χ0v) is 15.5. The molecule has 2 amide bonds. The van der Waals surface area contributed by atoms with E-state index in [1.807, 2.05) is 31.2 Å². The Morgan fingerprint density at radius 1 is 1.29 bits per heavy atom. The van der Waals surface area contributed by atoms with Gasteiger partial charge in [0, 0.05) is 36.6 Å². The van der Waals surface area contributed by atoms with Crippen molar-refractivity contribution in [2.75, 3.05) is 31.6 Å². The van der Waals surface area contributed by atoms with Crippen LogP contribution < -0.4 is 10.6 Å². The number of nitrogens with one attached hydrogen (secondary N) is 2. The zero-order valence-electron chi connectivity index (χ0n) is 13.9. The normalized spacial score (nSPS) is 15.2. The van der Waals surface area contributed by atoms with E-state index in [2.05, 4.69) is 26.6 Å². The largest absolute Gasteiger partial charge is 0.450 e. The number of para-hydroxylation sites is 1. The Bertz CT molecular complexity index is 560. The Labute approximate surface area is 151 Å². The Hall–Kier alpha value is -1.60. The first-order valence-corrected chi connectivity index (χ1v) is 9.09. The lowest BCUT2D eigenvalue weighted by molar-refractivity contribution is -0.116. The standard InChI is InChI=1S/C17H24BrN3O3/c1-2-24-17(23)21-11-8-13(9-12-21)19-10-7-16(22)20-15-6-4-3-5-14(15)18/h3-6,13,19H,2,7-12H2,1H3,(H,20,22). The van der Waals surface area contributed by atoms with Crippen molar-refractivity contribution in [2.24, 2.45) is 0 Å². The molecule has 6 nitrogen and oxygen atoms in total. The molecule has 2 rings (SSSR count). The van der Waals surface area contributed by atoms with Gasteiger partial charge < -0.3 is 20.3 Å². The van der Waals surface area contributed by atoms with Crippen LogP contribution >= 0.6 is 15.9 Å². The maximum Gasteiger partial charge on any atom is 0.409 e. The first-order valence-electron chi connectivity index (χ1n) is 8.29. The van der Waals surface area contributed by atoms with Crippen LogP contribution in [0.25, 0.3) is 0 Å². The fourth-order valence-corrected chi connectivity index (χ4v) is 3.03. The SMILES string of the molecule is CCOC(=O)N1CCC(NCCC(=O)Nc2ccccc2Br)CC1. The summed E-state index contributed by atoms with van der Waals surface area (Å²) in [6, 6.07) is 7.89. The second kappa shape index (κ2) is 9.64. The predicted molar refractivity (Wildman–Crippen MR) is 97.0 cm³/mol. The van der Waals surface area contributed by atoms with E-state index in [4.69, 9.17) is 4.74 Å². The molecule has 0 aromatic heterocycles. The molecule has 1 saturated heterocycles. The summed E-state index contributed by atoms with van der Waals surface area (Å²) in [5, 5.41) is 6.28. The molecule has 1 aromatic carbocycles. The highest BCUT2D eigenvalue weighted by atomic mass is 79.9. The third-order valence-corrected chi connectivity index (χ3v) is 4.65. The second-order valence-electron chi connectivity index (χ2n) is 5.69. The van der Waals surface area contributed by atoms with E-state index >= 15 is 0 Å². The average molecular weight is 398 g/mol. The molecule has 0 spiro atoms. The number of piperidine rings is 1. The summed E-state index contributed by atoms with van der Waals surface area (Å²) in [5.41, 5.74) is 0.783. The smallest absolute Gasteiger partial charge is 0.409 e. The number of nitrogens with zero attached hydrogens (tertiary/aromatic N) is 1. The predicted octanol–water partition coefficient (Wildman–Crippen LogP) is 2.99. The molecule has 0 atom stereocenters. The Morgan fingerprint density at radius 3 is 2.67 bits per heavy atom. The molecule has 2 N–H and O–H groups in total. The molecule has 0 saturated carbocycles. The number of likely N-dealkylation sites (tertiary alicyclic amines) is 1. The van der Waals surface area contributed by atoms with Crippen LogP contribution in [0.2, 0.25) is 0 Å². The number of ether oxygens (including phenoxy) is 1. The van der Waals surface area contributed by atoms with Gasteiger partial charge in [0.05, 0.1) is 12.3 Å². The van der Waals surface area contributed by atoms with Crippen LogP contribution in [0.1, 0.15) is 26.2 Å². The lowest BCUT2D eigenvalue weighted by Gasteiger charge is -2.31. The molecule has 1 heterocycles. The van der Waals surface area contributed by atoms with Gasteiger partial charge in [0.1, 0.15) is 0 Å². The van der Waals surface area contributed by atoms with E-state index in [1.165, 1.54) is 0 Å². The summed E-state index contributed by atoms with van der Waals surface area (Å²) in [7, 11) is 0. The topological polar surface area (TPSA) is 70.7 Å². The fourth-order valence-electron chi connectivity index (χ4n) is 2.65. The molecule has 0 bridgehead atoms. The van der Waals surface area contributed by atoms with Crippen molar-refractivity contribution in [3.05, 3.63) is 28.7 Å². The van der Waals surface area contributed by atoms with Crippen LogP contribution in [0.4, 0.5) is 10.5 Å². The van der Waals surface area contributed by atoms with Crippen molar-refractivity contribution in [1.29, 1.82) is 0 Å². The van der Waals surface area contributed by atoms with Gasteiger partial charge in [-0.15, -0.1) is 0 Å². The van der Waals surface area contributed by atoms with Crippen LogP contribution in [-0.4, -0.2) is 49.2 Å². The second-order valence-corrected chi connectivity index (χ2v) is 6.55. The molecule has 132 valence electrons. The van der Waals surface area contributed by atoms with E-state index in [0.717, 1.165) is 23.0 Å². The van der Waals surface area contributed by atoms with E-state index in [-0.39, 0.29) is 12.0 Å². The molecule has 7 heteroatoms. The third-order valence-electron chi connectivity index (χ3n) is 3.95. The van der Waals surface area contributed by atoms with E-state index in [9.17, 15) is 9.59 Å². The van der Waals surface area contributed by atoms with Gasteiger partial charge in [-0.3, -0.25) is 4.79 Å². The molecular weight excluding hydrogens is 374 g/mol. The molecule has 1 aromatic rings. The van der Waals surface area contributed by atoms with Crippen molar-refractivity contribution in [1.82, 2.24) is 10.2 Å². The van der Waals surface area contributed by atoms with Crippen molar-refractivity contribution < 1.29 is 14.3 Å². The minimum Gasteiger partial charge on any atom is -0.450 e. The van der Waals surface area contributed by atoms with Gasteiger partial charge in [-0.2, -0.15) is 0 Å². The Kier molecular flexibility index (Phi) is 7.52. The summed E-state index contributed by atoms with van der Waals surface area (Å²) in [6.45, 7) is 4.23. The van der Waals surface area contributed by atoms with Gasteiger partial charge in [-0.25, -0.2) is 4.79 Å². The maximum absolute atomic E-state index is 12.0. The lowest BCUT2D eigenvalue weighted by Crippen LogP contribution is -2.45. The maximum atomic E-state index is 12.0. The van der Waals surface area contributed by atoms with Gasteiger partial charge in [-0.05, 0) is 47.8 Å². The third kappa shape index (κ3) is 5.79. The van der Waals surface area contributed by atoms with Crippen LogP contribution in [0, 0.1) is 0 Å². The highest BCUT2D eigenvalue weighted by Gasteiger charge is 2.23. The molecule has 0 radical (unpaired) electrons. The minimum absolute atomic E-state index is 0.0154. The number of carbonyl (C=O) groups excluding carboxylic acids is 2. The number of halogens is 1. The van der Waals surface area contributed by atoms with Crippen molar-refractivity contribution >= 4 is 33.6 Å². The number of hydrogen-bond acceptors (Lipinski definition) is 4. The van der Waals surface area contributed by atoms with Gasteiger partial charge in [-0.1, -0.05) is 12.1 Å². The Morgan fingerprint density at radius 2 is 2.00 bits per heavy atom. The monoisotopic (exact) mass is 397 g/mol. The van der Waals surface area contributed by atoms with Gasteiger partial charge in [0.15, 0.2) is 0 Å². The van der Waals surface area contributed by atoms with Crippen LogP contribution in [0.5, 0.6) is 0 Å². The molecule has 1 aliphatic heterocycles. The van der Waals surface area contributed by atoms with E-state index < -0.39 is 0 Å². The molecule has 1 aliphatic rings. The number of anilines is 1. The van der Waals surface area contributed by atoms with E-state index in [1.54, 1.807) is 4.90 Å². The minimum atomic E-state index is -0.233. The molecule has 0 aliphatic carbocycles. The zero-order chi connectivity index (χ0) is 17.4. The van der Waals surface area contributed by atoms with Crippen LogP contribution in [-0.2, 0) is 9.53 Å². The summed E-state index contributed by atoms with van der Waals surface area (Å²) in [5.74, 6) is -0.0154. The molecule has 24 heavy (non-hydrogen) atoms. The quantitative estimate of drug-likeness (QED) is 0.773. The summed E-state index contributed by atoms with van der Waals surface area (Å²) < 4.78 is 5.88. The summed E-state index contributed by atoms with van der Waals surface area (Å²) in [4.78, 5) is 25.4. The number of hydrogen-bond donors (Lipinski definition) is 2. The van der Waals surface area contributed by atoms with Gasteiger partial charge in [0.2, 0.25) is 5.91 Å². The number of amides is 2. The summed E-state index contributed by atoms with van der Waals surface area (Å²) in [6.07, 6.45) is 1.94. The van der Waals surface area contributed by atoms with Crippen molar-refractivity contribution in [3.8, 4) is 0 Å². The highest BCUT2D eigenvalue weighted by molar-refractivity contribution is 9.10. The molecule has 1 fully saturated rings. The lowest BCUT2D eigenvalue weighted by atomic mass is 10.1. The highest BCUT2D eigenvalue weighted by Crippen LogP contribution is 2.21. The molecule has 0 unspecified atom stereocenters. The van der Waals surface area contributed by atoms with Crippen LogP contribution in [0.3, 0.4) is 0 Å². The van der Waals surface area contributed by atoms with Crippen molar-refractivity contribution in [3.63, 3.8) is 0 Å². The first-order chi connectivity index (χ1) is 11.6. The van der Waals surface area contributed by atoms with Gasteiger partial charge >= 0.3 is 6.09 Å². The van der Waals surface area contributed by atoms with Gasteiger partial charge in [0.25, 0.3) is 0 Å². The summed E-state index contributed by atoms with van der Waals surface area (Å²) >= 11 is 3.41. The van der Waals surface area contributed by atoms with E-state index in [0.29, 0.717) is 38.7 Å². The average Bonchev–Trinajstić information content (AvgIpc) is 2.58. The number of rotatable bonds is 6. The van der Waals surface area contributed by atoms with Crippen molar-refractivity contribution in [2.45, 2.75) is 32.2 Å². The first kappa shape index (κ1) is 18.7. The molecular formula is C17H24BrN3O3. The van der Waals surface area contributed by atoms with Crippen LogP contribution in [0.15, 0.2) is 28.7 Å².